The van der Waals surface area contributed by atoms with Gasteiger partial charge in [-0.05, 0) is 44.4 Å². The molecule has 8 heteroatoms. The van der Waals surface area contributed by atoms with Gasteiger partial charge in [0.1, 0.15) is 0 Å². The van der Waals surface area contributed by atoms with Crippen molar-refractivity contribution >= 4 is 23.6 Å². The van der Waals surface area contributed by atoms with Crippen LogP contribution in [-0.2, 0) is 19.2 Å². The van der Waals surface area contributed by atoms with Gasteiger partial charge in [0, 0.05) is 19.6 Å². The fourth-order valence-electron chi connectivity index (χ4n) is 3.34. The molecule has 8 nitrogen and oxygen atoms in total. The summed E-state index contributed by atoms with van der Waals surface area (Å²) in [5.41, 5.74) is 0. The number of imide groups is 2. The molecule has 142 valence electrons. The molecule has 2 saturated heterocycles. The molecule has 0 aromatic heterocycles. The second-order valence-electron chi connectivity index (χ2n) is 6.55. The summed E-state index contributed by atoms with van der Waals surface area (Å²) in [7, 11) is 0. The topological polar surface area (TPSA) is 98.8 Å². The van der Waals surface area contributed by atoms with E-state index in [0.29, 0.717) is 25.9 Å². The third-order valence-corrected chi connectivity index (χ3v) is 4.72. The van der Waals surface area contributed by atoms with Crippen LogP contribution in [0.4, 0.5) is 0 Å². The number of piperidine rings is 2. The second-order valence-corrected chi connectivity index (χ2v) is 6.55. The number of carbonyl (C=O) groups is 4. The lowest BCUT2D eigenvalue weighted by atomic mass is 9.96. The molecule has 4 amide bonds. The van der Waals surface area contributed by atoms with Gasteiger partial charge in [0.25, 0.3) is 5.91 Å². The molecule has 0 bridgehead atoms. The predicted molar refractivity (Wildman–Crippen MR) is 95.3 cm³/mol. The maximum Gasteiger partial charge on any atom is 0.267 e. The molecule has 2 unspecified atom stereocenters. The Morgan fingerprint density at radius 1 is 1.08 bits per heavy atom. The van der Waals surface area contributed by atoms with Gasteiger partial charge in [0.2, 0.25) is 17.7 Å². The lowest BCUT2D eigenvalue weighted by molar-refractivity contribution is -0.169. The Bertz CT molecular complexity index is 598. The maximum absolute atomic E-state index is 12.9. The number of hydrogen-bond donors (Lipinski definition) is 2. The normalized spacial score (nSPS) is 23.5. The van der Waals surface area contributed by atoms with Crippen LogP contribution in [-0.4, -0.2) is 59.8 Å². The summed E-state index contributed by atoms with van der Waals surface area (Å²) >= 11 is 0. The van der Waals surface area contributed by atoms with E-state index >= 15 is 0 Å². The molecule has 0 spiro atoms. The highest BCUT2D eigenvalue weighted by molar-refractivity contribution is 6.02. The Morgan fingerprint density at radius 2 is 1.81 bits per heavy atom. The first-order chi connectivity index (χ1) is 12.5. The van der Waals surface area contributed by atoms with Crippen LogP contribution in [0.5, 0.6) is 0 Å². The van der Waals surface area contributed by atoms with Crippen LogP contribution in [0.3, 0.4) is 0 Å². The summed E-state index contributed by atoms with van der Waals surface area (Å²) in [6.45, 7) is 8.89. The van der Waals surface area contributed by atoms with E-state index in [0.717, 1.165) is 36.5 Å². The number of hydrazine groups is 1. The van der Waals surface area contributed by atoms with Crippen molar-refractivity contribution in [3.63, 3.8) is 0 Å². The van der Waals surface area contributed by atoms with Gasteiger partial charge in [-0.3, -0.25) is 24.5 Å². The van der Waals surface area contributed by atoms with Crippen LogP contribution in [0.2, 0.25) is 0 Å². The summed E-state index contributed by atoms with van der Waals surface area (Å²) < 4.78 is 0. The standard InChI is InChI=1S/C18H26N4O4/c1-3-15(23)20-17(25)14-8-6-10-21(12-14)22(16(24)4-2)18(26)13-7-5-9-19-11-13/h3-4,13-14,19H,1-2,5-12H2,(H,20,23,25). The van der Waals surface area contributed by atoms with Crippen LogP contribution < -0.4 is 10.6 Å². The van der Waals surface area contributed by atoms with Crippen molar-refractivity contribution in [2.45, 2.75) is 25.7 Å². The van der Waals surface area contributed by atoms with Crippen molar-refractivity contribution in [1.82, 2.24) is 20.7 Å². The van der Waals surface area contributed by atoms with Crippen LogP contribution in [0.15, 0.2) is 25.3 Å². The third kappa shape index (κ3) is 4.86. The highest BCUT2D eigenvalue weighted by Gasteiger charge is 2.36. The molecule has 0 aromatic rings. The molecule has 2 N–H and O–H groups in total. The third-order valence-electron chi connectivity index (χ3n) is 4.72. The average molecular weight is 362 g/mol. The summed E-state index contributed by atoms with van der Waals surface area (Å²) in [5.74, 6) is -2.50. The number of rotatable bonds is 5. The van der Waals surface area contributed by atoms with Crippen LogP contribution >= 0.6 is 0 Å². The van der Waals surface area contributed by atoms with Crippen molar-refractivity contribution < 1.29 is 19.2 Å². The Balaban J connectivity index is 2.11. The highest BCUT2D eigenvalue weighted by Crippen LogP contribution is 2.22. The van der Waals surface area contributed by atoms with E-state index in [-0.39, 0.29) is 18.4 Å². The van der Waals surface area contributed by atoms with Crippen molar-refractivity contribution in [1.29, 1.82) is 0 Å². The number of nitrogens with zero attached hydrogens (tertiary/aromatic N) is 2. The lowest BCUT2D eigenvalue weighted by Gasteiger charge is -2.39. The first-order valence-electron chi connectivity index (χ1n) is 8.91. The second kappa shape index (κ2) is 9.40. The van der Waals surface area contributed by atoms with E-state index in [1.807, 2.05) is 0 Å². The zero-order valence-corrected chi connectivity index (χ0v) is 14.9. The average Bonchev–Trinajstić information content (AvgIpc) is 2.68. The van der Waals surface area contributed by atoms with Crippen LogP contribution in [0, 0.1) is 11.8 Å². The molecule has 0 aliphatic carbocycles. The fraction of sp³-hybridized carbons (Fsp3) is 0.556. The molecule has 2 rings (SSSR count). The van der Waals surface area contributed by atoms with E-state index in [2.05, 4.69) is 23.8 Å². The van der Waals surface area contributed by atoms with Gasteiger partial charge >= 0.3 is 0 Å². The first-order valence-corrected chi connectivity index (χ1v) is 8.91. The summed E-state index contributed by atoms with van der Waals surface area (Å²) in [6.07, 6.45) is 4.96. The molecular formula is C18H26N4O4. The Morgan fingerprint density at radius 3 is 2.42 bits per heavy atom. The predicted octanol–water partition coefficient (Wildman–Crippen LogP) is -0.0170. The van der Waals surface area contributed by atoms with Crippen molar-refractivity contribution in [3.8, 4) is 0 Å². The molecule has 0 aromatic carbocycles. The molecular weight excluding hydrogens is 336 g/mol. The quantitative estimate of drug-likeness (QED) is 0.667. The van der Waals surface area contributed by atoms with E-state index in [9.17, 15) is 19.2 Å². The van der Waals surface area contributed by atoms with Gasteiger partial charge in [0.05, 0.1) is 11.8 Å². The van der Waals surface area contributed by atoms with Crippen molar-refractivity contribution in [2.24, 2.45) is 11.8 Å². The zero-order chi connectivity index (χ0) is 19.1. The van der Waals surface area contributed by atoms with Gasteiger partial charge in [0.15, 0.2) is 0 Å². The number of nitrogens with one attached hydrogen (secondary N) is 2. The largest absolute Gasteiger partial charge is 0.316 e. The summed E-state index contributed by atoms with van der Waals surface area (Å²) in [5, 5.41) is 8.15. The molecule has 2 fully saturated rings. The SMILES string of the molecule is C=CC(=O)NC(=O)C1CCCN(N(C(=O)C=C)C(=O)C2CCCNC2)C1. The molecule has 26 heavy (non-hydrogen) atoms. The van der Waals surface area contributed by atoms with E-state index < -0.39 is 23.6 Å². The Kier molecular flexibility index (Phi) is 7.23. The highest BCUT2D eigenvalue weighted by atomic mass is 16.2. The van der Waals surface area contributed by atoms with Gasteiger partial charge in [-0.2, -0.15) is 0 Å². The maximum atomic E-state index is 12.9. The van der Waals surface area contributed by atoms with E-state index in [1.165, 1.54) is 0 Å². The van der Waals surface area contributed by atoms with Crippen molar-refractivity contribution in [3.05, 3.63) is 25.3 Å². The van der Waals surface area contributed by atoms with Crippen LogP contribution in [0.25, 0.3) is 0 Å². The molecule has 0 saturated carbocycles. The van der Waals surface area contributed by atoms with Gasteiger partial charge in [-0.25, -0.2) is 10.0 Å². The number of carbonyl (C=O) groups excluding carboxylic acids is 4. The monoisotopic (exact) mass is 362 g/mol. The molecule has 2 aliphatic heterocycles. The summed E-state index contributed by atoms with van der Waals surface area (Å²) in [4.78, 5) is 48.8. The smallest absolute Gasteiger partial charge is 0.267 e. The van der Waals surface area contributed by atoms with Gasteiger partial charge in [-0.15, -0.1) is 0 Å². The molecule has 2 atom stereocenters. The first kappa shape index (κ1) is 20.0. The Labute approximate surface area is 153 Å². The van der Waals surface area contributed by atoms with Gasteiger partial charge in [-0.1, -0.05) is 13.2 Å². The molecule has 2 aliphatic rings. The number of amides is 4. The van der Waals surface area contributed by atoms with Gasteiger partial charge < -0.3 is 5.32 Å². The minimum atomic E-state index is -0.560. The lowest BCUT2D eigenvalue weighted by Crippen LogP contribution is -2.57. The summed E-state index contributed by atoms with van der Waals surface area (Å²) in [6, 6.07) is 0. The van der Waals surface area contributed by atoms with E-state index in [1.54, 1.807) is 5.01 Å². The van der Waals surface area contributed by atoms with E-state index in [4.69, 9.17) is 0 Å². The molecule has 2 heterocycles. The molecule has 0 radical (unpaired) electrons. The minimum absolute atomic E-state index is 0.196. The van der Waals surface area contributed by atoms with Crippen LogP contribution in [0.1, 0.15) is 25.7 Å². The minimum Gasteiger partial charge on any atom is -0.316 e. The Hall–Kier alpha value is -2.32. The number of hydrogen-bond acceptors (Lipinski definition) is 6. The zero-order valence-electron chi connectivity index (χ0n) is 14.9. The fourth-order valence-corrected chi connectivity index (χ4v) is 3.34. The van der Waals surface area contributed by atoms with Crippen molar-refractivity contribution in [2.75, 3.05) is 26.2 Å².